The molecule has 104 valence electrons. The van der Waals surface area contributed by atoms with Gasteiger partial charge in [-0.05, 0) is 46.3 Å². The van der Waals surface area contributed by atoms with Gasteiger partial charge in [-0.25, -0.2) is 4.98 Å². The van der Waals surface area contributed by atoms with E-state index in [1.165, 1.54) is 12.8 Å². The standard InChI is InChI=1S/C14H28N4/c1-12(2)10-18-11-13(3)16-14(18)15-8-6-7-9-17(4)5/h11-12H,6-10H2,1-5H3,(H,15,16). The van der Waals surface area contributed by atoms with E-state index in [1.54, 1.807) is 0 Å². The lowest BCUT2D eigenvalue weighted by Crippen LogP contribution is -2.15. The van der Waals surface area contributed by atoms with Crippen molar-refractivity contribution in [1.29, 1.82) is 0 Å². The monoisotopic (exact) mass is 252 g/mol. The van der Waals surface area contributed by atoms with Gasteiger partial charge < -0.3 is 14.8 Å². The molecule has 0 atom stereocenters. The Morgan fingerprint density at radius 2 is 2.06 bits per heavy atom. The summed E-state index contributed by atoms with van der Waals surface area (Å²) in [4.78, 5) is 6.76. The average Bonchev–Trinajstić information content (AvgIpc) is 2.57. The third kappa shape index (κ3) is 5.54. The van der Waals surface area contributed by atoms with E-state index < -0.39 is 0 Å². The lowest BCUT2D eigenvalue weighted by atomic mass is 10.2. The Kier molecular flexibility index (Phi) is 6.19. The van der Waals surface area contributed by atoms with Crippen molar-refractivity contribution in [3.63, 3.8) is 0 Å². The first-order valence-corrected chi connectivity index (χ1v) is 6.91. The average molecular weight is 252 g/mol. The molecular weight excluding hydrogens is 224 g/mol. The fourth-order valence-electron chi connectivity index (χ4n) is 1.97. The molecule has 0 aliphatic heterocycles. The molecule has 0 unspecified atom stereocenters. The van der Waals surface area contributed by atoms with Crippen molar-refractivity contribution in [3.8, 4) is 0 Å². The molecule has 18 heavy (non-hydrogen) atoms. The molecule has 0 radical (unpaired) electrons. The highest BCUT2D eigenvalue weighted by atomic mass is 15.2. The normalized spacial score (nSPS) is 11.5. The number of imidazole rings is 1. The largest absolute Gasteiger partial charge is 0.356 e. The first-order valence-electron chi connectivity index (χ1n) is 6.91. The molecule has 0 aliphatic rings. The van der Waals surface area contributed by atoms with Crippen LogP contribution in [0.5, 0.6) is 0 Å². The van der Waals surface area contributed by atoms with Crippen LogP contribution in [0.4, 0.5) is 5.95 Å². The molecule has 0 saturated heterocycles. The van der Waals surface area contributed by atoms with Crippen molar-refractivity contribution in [2.75, 3.05) is 32.5 Å². The maximum absolute atomic E-state index is 4.54. The lowest BCUT2D eigenvalue weighted by Gasteiger charge is -2.12. The van der Waals surface area contributed by atoms with Crippen molar-refractivity contribution in [2.24, 2.45) is 5.92 Å². The predicted octanol–water partition coefficient (Wildman–Crippen LogP) is 2.60. The lowest BCUT2D eigenvalue weighted by molar-refractivity contribution is 0.396. The number of nitrogens with zero attached hydrogens (tertiary/aromatic N) is 3. The van der Waals surface area contributed by atoms with Gasteiger partial charge in [0.1, 0.15) is 0 Å². The second-order valence-electron chi connectivity index (χ2n) is 5.69. The summed E-state index contributed by atoms with van der Waals surface area (Å²) in [5, 5.41) is 3.45. The van der Waals surface area contributed by atoms with Crippen LogP contribution in [0.1, 0.15) is 32.4 Å². The Bertz CT molecular complexity index is 342. The number of hydrogen-bond donors (Lipinski definition) is 1. The van der Waals surface area contributed by atoms with Gasteiger partial charge in [0.05, 0.1) is 5.69 Å². The molecular formula is C14H28N4. The van der Waals surface area contributed by atoms with E-state index >= 15 is 0 Å². The van der Waals surface area contributed by atoms with E-state index in [1.807, 2.05) is 6.92 Å². The first kappa shape index (κ1) is 15.0. The second-order valence-corrected chi connectivity index (χ2v) is 5.69. The summed E-state index contributed by atoms with van der Waals surface area (Å²) in [5.74, 6) is 1.67. The molecule has 0 bridgehead atoms. The molecule has 1 aromatic heterocycles. The zero-order valence-electron chi connectivity index (χ0n) is 12.5. The minimum absolute atomic E-state index is 0.646. The van der Waals surface area contributed by atoms with Crippen molar-refractivity contribution in [3.05, 3.63) is 11.9 Å². The minimum atomic E-state index is 0.646. The molecule has 0 amide bonds. The van der Waals surface area contributed by atoms with Gasteiger partial charge >= 0.3 is 0 Å². The molecule has 0 fully saturated rings. The molecule has 0 saturated carbocycles. The van der Waals surface area contributed by atoms with Crippen molar-refractivity contribution in [2.45, 2.75) is 40.2 Å². The van der Waals surface area contributed by atoms with Crippen LogP contribution in [0.15, 0.2) is 6.20 Å². The van der Waals surface area contributed by atoms with Crippen LogP contribution in [0.2, 0.25) is 0 Å². The van der Waals surface area contributed by atoms with Gasteiger partial charge in [0.25, 0.3) is 0 Å². The summed E-state index contributed by atoms with van der Waals surface area (Å²) >= 11 is 0. The molecule has 1 N–H and O–H groups in total. The summed E-state index contributed by atoms with van der Waals surface area (Å²) in [5.41, 5.74) is 1.09. The maximum atomic E-state index is 4.54. The summed E-state index contributed by atoms with van der Waals surface area (Å²) < 4.78 is 2.23. The van der Waals surface area contributed by atoms with Crippen LogP contribution < -0.4 is 5.32 Å². The van der Waals surface area contributed by atoms with Gasteiger partial charge in [0.15, 0.2) is 0 Å². The van der Waals surface area contributed by atoms with E-state index in [0.717, 1.165) is 31.3 Å². The number of hydrogen-bond acceptors (Lipinski definition) is 3. The molecule has 0 spiro atoms. The molecule has 4 nitrogen and oxygen atoms in total. The first-order chi connectivity index (χ1) is 8.49. The van der Waals surface area contributed by atoms with Crippen molar-refractivity contribution >= 4 is 5.95 Å². The van der Waals surface area contributed by atoms with Gasteiger partial charge in [0, 0.05) is 19.3 Å². The number of anilines is 1. The number of nitrogens with one attached hydrogen (secondary N) is 1. The Labute approximate surface area is 111 Å². The highest BCUT2D eigenvalue weighted by Crippen LogP contribution is 2.11. The molecule has 1 rings (SSSR count). The predicted molar refractivity (Wildman–Crippen MR) is 78.1 cm³/mol. The van der Waals surface area contributed by atoms with Gasteiger partial charge in [-0.3, -0.25) is 0 Å². The van der Waals surface area contributed by atoms with E-state index in [-0.39, 0.29) is 0 Å². The fraction of sp³-hybridized carbons (Fsp3) is 0.786. The number of unbranched alkanes of at least 4 members (excludes halogenated alkanes) is 1. The number of aromatic nitrogens is 2. The molecule has 1 heterocycles. The zero-order chi connectivity index (χ0) is 13.5. The van der Waals surface area contributed by atoms with Gasteiger partial charge in [-0.1, -0.05) is 13.8 Å². The van der Waals surface area contributed by atoms with Crippen LogP contribution in [0.25, 0.3) is 0 Å². The van der Waals surface area contributed by atoms with E-state index in [0.29, 0.717) is 5.92 Å². The smallest absolute Gasteiger partial charge is 0.203 e. The molecule has 0 aromatic carbocycles. The summed E-state index contributed by atoms with van der Waals surface area (Å²) in [7, 11) is 4.23. The van der Waals surface area contributed by atoms with Crippen LogP contribution in [-0.2, 0) is 6.54 Å². The zero-order valence-corrected chi connectivity index (χ0v) is 12.5. The van der Waals surface area contributed by atoms with Crippen molar-refractivity contribution < 1.29 is 0 Å². The van der Waals surface area contributed by atoms with E-state index in [4.69, 9.17) is 0 Å². The number of aryl methyl sites for hydroxylation is 1. The second kappa shape index (κ2) is 7.41. The van der Waals surface area contributed by atoms with Crippen LogP contribution in [-0.4, -0.2) is 41.6 Å². The quantitative estimate of drug-likeness (QED) is 0.722. The van der Waals surface area contributed by atoms with E-state index in [2.05, 4.69) is 53.9 Å². The Hall–Kier alpha value is -1.03. The molecule has 0 aliphatic carbocycles. The fourth-order valence-corrected chi connectivity index (χ4v) is 1.97. The topological polar surface area (TPSA) is 33.1 Å². The Balaban J connectivity index is 2.36. The van der Waals surface area contributed by atoms with E-state index in [9.17, 15) is 0 Å². The van der Waals surface area contributed by atoms with Gasteiger partial charge in [-0.2, -0.15) is 0 Å². The third-order valence-electron chi connectivity index (χ3n) is 2.77. The van der Waals surface area contributed by atoms with Gasteiger partial charge in [0.2, 0.25) is 5.95 Å². The molecule has 1 aromatic rings. The maximum Gasteiger partial charge on any atom is 0.203 e. The number of rotatable bonds is 8. The third-order valence-corrected chi connectivity index (χ3v) is 2.77. The molecule has 4 heteroatoms. The minimum Gasteiger partial charge on any atom is -0.356 e. The van der Waals surface area contributed by atoms with Crippen LogP contribution in [0.3, 0.4) is 0 Å². The summed E-state index contributed by atoms with van der Waals surface area (Å²) in [6.07, 6.45) is 4.54. The Morgan fingerprint density at radius 1 is 1.33 bits per heavy atom. The summed E-state index contributed by atoms with van der Waals surface area (Å²) in [6, 6.07) is 0. The SMILES string of the molecule is Cc1cn(CC(C)C)c(NCCCCN(C)C)n1. The highest BCUT2D eigenvalue weighted by molar-refractivity contribution is 5.28. The van der Waals surface area contributed by atoms with Crippen molar-refractivity contribution in [1.82, 2.24) is 14.5 Å². The highest BCUT2D eigenvalue weighted by Gasteiger charge is 2.06. The van der Waals surface area contributed by atoms with Crippen LogP contribution in [0, 0.1) is 12.8 Å². The van der Waals surface area contributed by atoms with Gasteiger partial charge in [-0.15, -0.1) is 0 Å². The Morgan fingerprint density at radius 3 is 2.67 bits per heavy atom. The summed E-state index contributed by atoms with van der Waals surface area (Å²) in [6.45, 7) is 9.70. The van der Waals surface area contributed by atoms with Crippen LogP contribution >= 0.6 is 0 Å².